The molecule has 3 rings (SSSR count). The number of carbonyl (C=O) groups is 2. The summed E-state index contributed by atoms with van der Waals surface area (Å²) in [5, 5.41) is 0. The third-order valence-corrected chi connectivity index (χ3v) is 5.13. The molecule has 8 heteroatoms. The SMILES string of the molecule is CCOC(=O)C1CCN(C(=O)c2cc(=O)c(OCc3ccc(F)cc3)cn2C)CC1. The van der Waals surface area contributed by atoms with E-state index in [1.54, 1.807) is 35.6 Å². The van der Waals surface area contributed by atoms with Crippen molar-refractivity contribution >= 4 is 11.9 Å². The van der Waals surface area contributed by atoms with E-state index < -0.39 is 5.43 Å². The topological polar surface area (TPSA) is 77.8 Å². The number of nitrogens with zero attached hydrogens (tertiary/aromatic N) is 2. The fraction of sp³-hybridized carbons (Fsp3) is 0.409. The summed E-state index contributed by atoms with van der Waals surface area (Å²) in [4.78, 5) is 38.8. The third kappa shape index (κ3) is 5.06. The van der Waals surface area contributed by atoms with Crippen LogP contribution in [0.2, 0.25) is 0 Å². The zero-order chi connectivity index (χ0) is 21.7. The summed E-state index contributed by atoms with van der Waals surface area (Å²) < 4.78 is 25.1. The highest BCUT2D eigenvalue weighted by atomic mass is 19.1. The molecule has 0 unspecified atom stereocenters. The van der Waals surface area contributed by atoms with Gasteiger partial charge in [0, 0.05) is 26.2 Å². The van der Waals surface area contributed by atoms with E-state index in [0.29, 0.717) is 32.5 Å². The van der Waals surface area contributed by atoms with Gasteiger partial charge < -0.3 is 18.9 Å². The second kappa shape index (κ2) is 9.56. The maximum absolute atomic E-state index is 13.0. The molecule has 1 saturated heterocycles. The maximum atomic E-state index is 13.0. The van der Waals surface area contributed by atoms with E-state index in [-0.39, 0.29) is 41.7 Å². The van der Waals surface area contributed by atoms with Crippen molar-refractivity contribution in [1.29, 1.82) is 0 Å². The first-order valence-electron chi connectivity index (χ1n) is 9.93. The molecular formula is C22H25FN2O5. The summed E-state index contributed by atoms with van der Waals surface area (Å²) in [6.07, 6.45) is 2.55. The number of carbonyl (C=O) groups excluding carboxylic acids is 2. The van der Waals surface area contributed by atoms with Crippen molar-refractivity contribution in [1.82, 2.24) is 9.47 Å². The second-order valence-electron chi connectivity index (χ2n) is 7.23. The molecule has 1 aliphatic rings. The van der Waals surface area contributed by atoms with Crippen LogP contribution in [0.1, 0.15) is 35.8 Å². The van der Waals surface area contributed by atoms with E-state index in [4.69, 9.17) is 9.47 Å². The quantitative estimate of drug-likeness (QED) is 0.677. The molecule has 2 aromatic rings. The number of halogens is 1. The number of likely N-dealkylation sites (tertiary alicyclic amines) is 1. The van der Waals surface area contributed by atoms with Crippen molar-refractivity contribution in [3.63, 3.8) is 0 Å². The van der Waals surface area contributed by atoms with E-state index in [1.165, 1.54) is 24.4 Å². The van der Waals surface area contributed by atoms with Crippen molar-refractivity contribution in [2.75, 3.05) is 19.7 Å². The van der Waals surface area contributed by atoms with Crippen LogP contribution in [0.3, 0.4) is 0 Å². The van der Waals surface area contributed by atoms with Gasteiger partial charge in [-0.3, -0.25) is 14.4 Å². The van der Waals surface area contributed by atoms with E-state index in [2.05, 4.69) is 0 Å². The Morgan fingerprint density at radius 2 is 1.83 bits per heavy atom. The first kappa shape index (κ1) is 21.5. The van der Waals surface area contributed by atoms with Crippen LogP contribution < -0.4 is 10.2 Å². The van der Waals surface area contributed by atoms with E-state index in [9.17, 15) is 18.8 Å². The molecule has 7 nitrogen and oxygen atoms in total. The molecule has 0 bridgehead atoms. The average molecular weight is 416 g/mol. The molecule has 1 amide bonds. The molecule has 1 aromatic carbocycles. The molecule has 1 aliphatic heterocycles. The highest BCUT2D eigenvalue weighted by molar-refractivity contribution is 5.92. The Labute approximate surface area is 174 Å². The van der Waals surface area contributed by atoms with Crippen molar-refractivity contribution in [2.45, 2.75) is 26.4 Å². The second-order valence-corrected chi connectivity index (χ2v) is 7.23. The van der Waals surface area contributed by atoms with Crippen LogP contribution >= 0.6 is 0 Å². The molecule has 0 saturated carbocycles. The minimum absolute atomic E-state index is 0.111. The number of hydrogen-bond acceptors (Lipinski definition) is 5. The average Bonchev–Trinajstić information content (AvgIpc) is 2.75. The predicted molar refractivity (Wildman–Crippen MR) is 108 cm³/mol. The van der Waals surface area contributed by atoms with Gasteiger partial charge in [-0.25, -0.2) is 4.39 Å². The highest BCUT2D eigenvalue weighted by Gasteiger charge is 2.29. The molecule has 30 heavy (non-hydrogen) atoms. The Morgan fingerprint density at radius 3 is 2.47 bits per heavy atom. The lowest BCUT2D eigenvalue weighted by Gasteiger charge is -2.31. The summed E-state index contributed by atoms with van der Waals surface area (Å²) in [6, 6.07) is 7.07. The number of benzene rings is 1. The van der Waals surface area contributed by atoms with Crippen molar-refractivity contribution in [2.24, 2.45) is 13.0 Å². The van der Waals surface area contributed by atoms with Gasteiger partial charge in [0.15, 0.2) is 5.75 Å². The van der Waals surface area contributed by atoms with Crippen LogP contribution in [0.5, 0.6) is 5.75 Å². The number of ether oxygens (including phenoxy) is 2. The summed E-state index contributed by atoms with van der Waals surface area (Å²) in [7, 11) is 1.67. The first-order chi connectivity index (χ1) is 14.4. The summed E-state index contributed by atoms with van der Waals surface area (Å²) >= 11 is 0. The monoisotopic (exact) mass is 416 g/mol. The van der Waals surface area contributed by atoms with Gasteiger partial charge in [-0.05, 0) is 37.5 Å². The standard InChI is InChI=1S/C22H25FN2O5/c1-3-29-22(28)16-8-10-25(11-9-16)21(27)18-12-19(26)20(13-24(18)2)30-14-15-4-6-17(23)7-5-15/h4-7,12-13,16H,3,8-11,14H2,1-2H3. The Kier molecular flexibility index (Phi) is 6.87. The maximum Gasteiger partial charge on any atom is 0.309 e. The van der Waals surface area contributed by atoms with E-state index in [0.717, 1.165) is 5.56 Å². The van der Waals surface area contributed by atoms with Crippen LogP contribution in [-0.2, 0) is 23.2 Å². The van der Waals surface area contributed by atoms with Gasteiger partial charge in [0.2, 0.25) is 5.43 Å². The number of amides is 1. The lowest BCUT2D eigenvalue weighted by molar-refractivity contribution is -0.149. The number of esters is 1. The Balaban J connectivity index is 1.64. The molecule has 0 aliphatic carbocycles. The van der Waals surface area contributed by atoms with Gasteiger partial charge in [0.25, 0.3) is 5.91 Å². The lowest BCUT2D eigenvalue weighted by Crippen LogP contribution is -2.41. The smallest absolute Gasteiger partial charge is 0.309 e. The van der Waals surface area contributed by atoms with Gasteiger partial charge in [-0.1, -0.05) is 12.1 Å². The number of piperidine rings is 1. The Bertz CT molecular complexity index is 962. The molecule has 160 valence electrons. The van der Waals surface area contributed by atoms with Crippen molar-refractivity contribution in [3.8, 4) is 5.75 Å². The molecule has 1 aromatic heterocycles. The van der Waals surface area contributed by atoms with Gasteiger partial charge in [0.1, 0.15) is 18.1 Å². The molecule has 0 radical (unpaired) electrons. The minimum atomic E-state index is -0.403. The summed E-state index contributed by atoms with van der Waals surface area (Å²) in [6.45, 7) is 3.09. The van der Waals surface area contributed by atoms with Crippen LogP contribution in [0, 0.1) is 11.7 Å². The third-order valence-electron chi connectivity index (χ3n) is 5.13. The first-order valence-corrected chi connectivity index (χ1v) is 9.93. The van der Waals surface area contributed by atoms with Crippen molar-refractivity contribution in [3.05, 3.63) is 63.8 Å². The largest absolute Gasteiger partial charge is 0.483 e. The lowest BCUT2D eigenvalue weighted by atomic mass is 9.97. The number of pyridine rings is 1. The number of aromatic nitrogens is 1. The minimum Gasteiger partial charge on any atom is -0.483 e. The van der Waals surface area contributed by atoms with Crippen molar-refractivity contribution < 1.29 is 23.5 Å². The summed E-state index contributed by atoms with van der Waals surface area (Å²) in [5.74, 6) is -0.912. The van der Waals surface area contributed by atoms with Gasteiger partial charge in [0.05, 0.1) is 18.7 Å². The number of hydrogen-bond donors (Lipinski definition) is 0. The molecular weight excluding hydrogens is 391 g/mol. The zero-order valence-electron chi connectivity index (χ0n) is 17.1. The number of aryl methyl sites for hydroxylation is 1. The molecule has 0 spiro atoms. The fourth-order valence-corrected chi connectivity index (χ4v) is 3.41. The fourth-order valence-electron chi connectivity index (χ4n) is 3.41. The molecule has 1 fully saturated rings. The van der Waals surface area contributed by atoms with Crippen LogP contribution in [0.15, 0.2) is 41.3 Å². The Morgan fingerprint density at radius 1 is 1.17 bits per heavy atom. The normalized spacial score (nSPS) is 14.4. The van der Waals surface area contributed by atoms with E-state index in [1.807, 2.05) is 0 Å². The van der Waals surface area contributed by atoms with Gasteiger partial charge >= 0.3 is 5.97 Å². The summed E-state index contributed by atoms with van der Waals surface area (Å²) in [5.41, 5.74) is 0.576. The predicted octanol–water partition coefficient (Wildman–Crippen LogP) is 2.52. The Hall–Kier alpha value is -3.16. The van der Waals surface area contributed by atoms with Crippen LogP contribution in [-0.4, -0.2) is 41.0 Å². The van der Waals surface area contributed by atoms with Gasteiger partial charge in [-0.15, -0.1) is 0 Å². The van der Waals surface area contributed by atoms with E-state index >= 15 is 0 Å². The molecule has 0 N–H and O–H groups in total. The zero-order valence-corrected chi connectivity index (χ0v) is 17.1. The van der Waals surface area contributed by atoms with Crippen LogP contribution in [0.25, 0.3) is 0 Å². The molecule has 2 heterocycles. The molecule has 0 atom stereocenters. The number of rotatable bonds is 6. The van der Waals surface area contributed by atoms with Crippen LogP contribution in [0.4, 0.5) is 4.39 Å². The highest BCUT2D eigenvalue weighted by Crippen LogP contribution is 2.20. The van der Waals surface area contributed by atoms with Gasteiger partial charge in [-0.2, -0.15) is 0 Å².